The van der Waals surface area contributed by atoms with Crippen LogP contribution in [0.15, 0.2) is 18.2 Å². The SMILES string of the molecule is COc1ccc([C@@H](C(=O)O)N2CCN(C3CCCC3)C(=O)C2)cc1F. The summed E-state index contributed by atoms with van der Waals surface area (Å²) in [6.45, 7) is 1.03. The van der Waals surface area contributed by atoms with Crippen molar-refractivity contribution in [1.29, 1.82) is 0 Å². The van der Waals surface area contributed by atoms with Crippen LogP contribution in [0.25, 0.3) is 0 Å². The van der Waals surface area contributed by atoms with Gasteiger partial charge in [0.15, 0.2) is 11.6 Å². The van der Waals surface area contributed by atoms with E-state index in [0.717, 1.165) is 25.7 Å². The largest absolute Gasteiger partial charge is 0.494 e. The maximum atomic E-state index is 14.0. The number of nitrogens with zero attached hydrogens (tertiary/aromatic N) is 2. The smallest absolute Gasteiger partial charge is 0.325 e. The minimum Gasteiger partial charge on any atom is -0.494 e. The molecule has 1 amide bonds. The zero-order chi connectivity index (χ0) is 18.0. The van der Waals surface area contributed by atoms with Crippen LogP contribution in [0.2, 0.25) is 0 Å². The molecule has 1 aromatic rings. The lowest BCUT2D eigenvalue weighted by Gasteiger charge is -2.40. The number of hydrogen-bond acceptors (Lipinski definition) is 4. The Labute approximate surface area is 146 Å². The summed E-state index contributed by atoms with van der Waals surface area (Å²) in [6, 6.07) is 3.36. The number of halogens is 1. The Hall–Kier alpha value is -2.15. The summed E-state index contributed by atoms with van der Waals surface area (Å²) in [5.74, 6) is -1.68. The highest BCUT2D eigenvalue weighted by atomic mass is 19.1. The van der Waals surface area contributed by atoms with E-state index in [1.165, 1.54) is 25.3 Å². The van der Waals surface area contributed by atoms with Crippen LogP contribution in [0.5, 0.6) is 5.75 Å². The van der Waals surface area contributed by atoms with E-state index >= 15 is 0 Å². The maximum Gasteiger partial charge on any atom is 0.325 e. The molecule has 1 saturated heterocycles. The van der Waals surface area contributed by atoms with Crippen molar-refractivity contribution in [2.24, 2.45) is 0 Å². The Bertz CT molecular complexity index is 660. The first kappa shape index (κ1) is 17.7. The van der Waals surface area contributed by atoms with Gasteiger partial charge < -0.3 is 14.7 Å². The van der Waals surface area contributed by atoms with E-state index in [2.05, 4.69) is 0 Å². The van der Waals surface area contributed by atoms with Crippen molar-refractivity contribution < 1.29 is 23.8 Å². The lowest BCUT2D eigenvalue weighted by Crippen LogP contribution is -2.55. The molecule has 136 valence electrons. The number of amides is 1. The molecule has 1 heterocycles. The predicted octanol–water partition coefficient (Wildman–Crippen LogP) is 2.05. The highest BCUT2D eigenvalue weighted by Gasteiger charge is 2.37. The molecule has 1 atom stereocenters. The van der Waals surface area contributed by atoms with Gasteiger partial charge in [-0.2, -0.15) is 0 Å². The van der Waals surface area contributed by atoms with Crippen molar-refractivity contribution in [3.63, 3.8) is 0 Å². The normalized spacial score (nSPS) is 20.7. The van der Waals surface area contributed by atoms with Crippen LogP contribution in [0, 0.1) is 5.82 Å². The number of rotatable bonds is 5. The molecule has 1 aliphatic heterocycles. The monoisotopic (exact) mass is 350 g/mol. The van der Waals surface area contributed by atoms with E-state index in [0.29, 0.717) is 18.7 Å². The first-order chi connectivity index (χ1) is 12.0. The molecule has 1 aromatic carbocycles. The van der Waals surface area contributed by atoms with E-state index < -0.39 is 17.8 Å². The van der Waals surface area contributed by atoms with Crippen LogP contribution in [0.4, 0.5) is 4.39 Å². The van der Waals surface area contributed by atoms with Gasteiger partial charge in [0.2, 0.25) is 5.91 Å². The van der Waals surface area contributed by atoms with E-state index in [1.54, 1.807) is 4.90 Å². The molecular formula is C18H23FN2O4. The molecule has 1 N–H and O–H groups in total. The van der Waals surface area contributed by atoms with Crippen molar-refractivity contribution in [2.45, 2.75) is 37.8 Å². The summed E-state index contributed by atoms with van der Waals surface area (Å²) < 4.78 is 18.8. The Morgan fingerprint density at radius 1 is 1.32 bits per heavy atom. The standard InChI is InChI=1S/C18H23FN2O4/c1-25-15-7-6-12(10-14(15)19)17(18(23)24)20-8-9-21(16(22)11-20)13-4-2-3-5-13/h6-7,10,13,17H,2-5,8-9,11H2,1H3,(H,23,24)/t17-/m0/s1. The van der Waals surface area contributed by atoms with Gasteiger partial charge in [0, 0.05) is 19.1 Å². The molecule has 0 unspecified atom stereocenters. The van der Waals surface area contributed by atoms with Gasteiger partial charge in [0.05, 0.1) is 13.7 Å². The highest BCUT2D eigenvalue weighted by molar-refractivity contribution is 5.82. The number of ether oxygens (including phenoxy) is 1. The predicted molar refractivity (Wildman–Crippen MR) is 88.9 cm³/mol. The molecule has 25 heavy (non-hydrogen) atoms. The Kier molecular flexibility index (Phi) is 5.22. The fourth-order valence-corrected chi connectivity index (χ4v) is 3.89. The molecule has 0 bridgehead atoms. The summed E-state index contributed by atoms with van der Waals surface area (Å²) >= 11 is 0. The molecular weight excluding hydrogens is 327 g/mol. The third kappa shape index (κ3) is 3.61. The number of carboxylic acids is 1. The van der Waals surface area contributed by atoms with Crippen molar-refractivity contribution in [3.05, 3.63) is 29.6 Å². The molecule has 3 rings (SSSR count). The minimum atomic E-state index is -1.09. The molecule has 1 aliphatic carbocycles. The molecule has 0 aromatic heterocycles. The van der Waals surface area contributed by atoms with E-state index in [-0.39, 0.29) is 24.2 Å². The third-order valence-electron chi connectivity index (χ3n) is 5.14. The zero-order valence-electron chi connectivity index (χ0n) is 14.3. The summed E-state index contributed by atoms with van der Waals surface area (Å²) in [5, 5.41) is 9.64. The maximum absolute atomic E-state index is 14.0. The number of carbonyl (C=O) groups excluding carboxylic acids is 1. The molecule has 1 saturated carbocycles. The summed E-state index contributed by atoms with van der Waals surface area (Å²) in [6.07, 6.45) is 4.33. The second-order valence-electron chi connectivity index (χ2n) is 6.63. The topological polar surface area (TPSA) is 70.1 Å². The Morgan fingerprint density at radius 2 is 2.04 bits per heavy atom. The third-order valence-corrected chi connectivity index (χ3v) is 5.14. The van der Waals surface area contributed by atoms with Crippen molar-refractivity contribution in [1.82, 2.24) is 9.80 Å². The van der Waals surface area contributed by atoms with Gasteiger partial charge in [-0.15, -0.1) is 0 Å². The molecule has 2 fully saturated rings. The van der Waals surface area contributed by atoms with Crippen LogP contribution < -0.4 is 4.74 Å². The van der Waals surface area contributed by atoms with Crippen molar-refractivity contribution in [2.75, 3.05) is 26.7 Å². The second-order valence-corrected chi connectivity index (χ2v) is 6.63. The van der Waals surface area contributed by atoms with Gasteiger partial charge in [0.1, 0.15) is 6.04 Å². The molecule has 7 heteroatoms. The number of piperazine rings is 1. The fraction of sp³-hybridized carbons (Fsp3) is 0.556. The van der Waals surface area contributed by atoms with Gasteiger partial charge in [0.25, 0.3) is 0 Å². The van der Waals surface area contributed by atoms with Crippen molar-refractivity contribution >= 4 is 11.9 Å². The van der Waals surface area contributed by atoms with Gasteiger partial charge >= 0.3 is 5.97 Å². The van der Waals surface area contributed by atoms with Crippen molar-refractivity contribution in [3.8, 4) is 5.75 Å². The lowest BCUT2D eigenvalue weighted by molar-refractivity contribution is -0.148. The molecule has 0 radical (unpaired) electrons. The van der Waals surface area contributed by atoms with E-state index in [4.69, 9.17) is 4.74 Å². The number of carbonyl (C=O) groups is 2. The summed E-state index contributed by atoms with van der Waals surface area (Å²) in [5.41, 5.74) is 0.313. The quantitative estimate of drug-likeness (QED) is 0.880. The Morgan fingerprint density at radius 3 is 2.60 bits per heavy atom. The average Bonchev–Trinajstić information content (AvgIpc) is 3.09. The minimum absolute atomic E-state index is 0.0428. The van der Waals surface area contributed by atoms with Gasteiger partial charge in [-0.25, -0.2) is 4.39 Å². The first-order valence-corrected chi connectivity index (χ1v) is 8.61. The second kappa shape index (κ2) is 7.39. The molecule has 2 aliphatic rings. The zero-order valence-corrected chi connectivity index (χ0v) is 14.3. The number of benzene rings is 1. The highest BCUT2D eigenvalue weighted by Crippen LogP contribution is 2.29. The molecule has 0 spiro atoms. The number of aliphatic carboxylic acids is 1. The van der Waals surface area contributed by atoms with Crippen LogP contribution in [0.3, 0.4) is 0 Å². The first-order valence-electron chi connectivity index (χ1n) is 8.61. The van der Waals surface area contributed by atoms with Gasteiger partial charge in [-0.3, -0.25) is 14.5 Å². The van der Waals surface area contributed by atoms with Gasteiger partial charge in [-0.1, -0.05) is 18.9 Å². The molecule has 6 nitrogen and oxygen atoms in total. The Balaban J connectivity index is 1.77. The number of carboxylic acid groups (broad SMARTS) is 1. The lowest BCUT2D eigenvalue weighted by atomic mass is 10.0. The van der Waals surface area contributed by atoms with Gasteiger partial charge in [-0.05, 0) is 30.5 Å². The van der Waals surface area contributed by atoms with Crippen LogP contribution >= 0.6 is 0 Å². The van der Waals surface area contributed by atoms with E-state index in [9.17, 15) is 19.1 Å². The van der Waals surface area contributed by atoms with Crippen LogP contribution in [-0.4, -0.2) is 59.6 Å². The average molecular weight is 350 g/mol. The van der Waals surface area contributed by atoms with Crippen LogP contribution in [0.1, 0.15) is 37.3 Å². The van der Waals surface area contributed by atoms with E-state index in [1.807, 2.05) is 4.90 Å². The number of methoxy groups -OCH3 is 1. The summed E-state index contributed by atoms with van der Waals surface area (Å²) in [7, 11) is 1.35. The number of hydrogen-bond donors (Lipinski definition) is 1. The summed E-state index contributed by atoms with van der Waals surface area (Å²) in [4.78, 5) is 27.8. The fourth-order valence-electron chi connectivity index (χ4n) is 3.89. The van der Waals surface area contributed by atoms with Crippen LogP contribution in [-0.2, 0) is 9.59 Å².